The van der Waals surface area contributed by atoms with Crippen molar-refractivity contribution in [1.82, 2.24) is 0 Å². The Morgan fingerprint density at radius 2 is 0.505 bits per heavy atom. The van der Waals surface area contributed by atoms with Gasteiger partial charge in [0.15, 0.2) is 14.3 Å². The van der Waals surface area contributed by atoms with Gasteiger partial charge in [-0.05, 0) is 172 Å². The molecule has 2 nitrogen and oxygen atoms in total. The van der Waals surface area contributed by atoms with Crippen LogP contribution in [0.3, 0.4) is 0 Å². The molecule has 0 aliphatic heterocycles. The fraction of sp³-hybridized carbons (Fsp3) is 0.0337. The summed E-state index contributed by atoms with van der Waals surface area (Å²) >= 11 is 0. The van der Waals surface area contributed by atoms with E-state index >= 15 is 9.13 Å². The molecule has 0 fully saturated rings. The number of benzene rings is 17. The summed E-state index contributed by atoms with van der Waals surface area (Å²) in [5.41, 5.74) is 11.3. The highest BCUT2D eigenvalue weighted by molar-refractivity contribution is 7.86. The van der Waals surface area contributed by atoms with Crippen molar-refractivity contribution in [2.75, 3.05) is 0 Å². The van der Waals surface area contributed by atoms with Gasteiger partial charge in [-0.1, -0.05) is 311 Å². The van der Waals surface area contributed by atoms with E-state index in [4.69, 9.17) is 0 Å². The summed E-state index contributed by atoms with van der Waals surface area (Å²) in [6.07, 6.45) is 0. The maximum atomic E-state index is 17.2. The van der Waals surface area contributed by atoms with Gasteiger partial charge in [-0.3, -0.25) is 0 Å². The molecule has 17 aromatic rings. The van der Waals surface area contributed by atoms with Crippen LogP contribution in [0.25, 0.3) is 131 Å². The Labute approximate surface area is 540 Å². The van der Waals surface area contributed by atoms with Crippen molar-refractivity contribution in [3.8, 4) is 44.5 Å². The predicted molar refractivity (Wildman–Crippen MR) is 399 cm³/mol. The average molecular weight is 1220 g/mol. The van der Waals surface area contributed by atoms with E-state index in [0.717, 1.165) is 86.8 Å². The number of fused-ring (bicyclic) bond motifs is 17. The topological polar surface area (TPSA) is 34.1 Å². The van der Waals surface area contributed by atoms with Gasteiger partial charge in [0.2, 0.25) is 0 Å². The molecule has 93 heavy (non-hydrogen) atoms. The average Bonchev–Trinajstić information content (AvgIpc) is 1.67. The van der Waals surface area contributed by atoms with E-state index in [0.29, 0.717) is 0 Å². The SMILES string of the molecule is CC1(C)c2cc(-c3ccc4c5ccc(-c6ccc(P(=O)(c7ccccc7)c7c8ccccc8c(-c8ccc9c%10ccccc%10c%10ccccc%10c9c8)c8ccccc78)cc6)cc5c5ccccc5c4c3)ccc2-c2ccc(P(=O)(c3ccccc3)c3ccccc3)cc21. The zero-order valence-electron chi connectivity index (χ0n) is 51.4. The van der Waals surface area contributed by atoms with Gasteiger partial charge in [-0.25, -0.2) is 0 Å². The van der Waals surface area contributed by atoms with Gasteiger partial charge < -0.3 is 9.13 Å². The third-order valence-electron chi connectivity index (χ3n) is 20.4. The molecule has 17 aromatic carbocycles. The second kappa shape index (κ2) is 21.2. The molecule has 18 rings (SSSR count). The zero-order chi connectivity index (χ0) is 62.2. The normalized spacial score (nSPS) is 13.5. The van der Waals surface area contributed by atoms with E-state index in [-0.39, 0.29) is 5.41 Å². The van der Waals surface area contributed by atoms with Crippen LogP contribution in [0.4, 0.5) is 0 Å². The van der Waals surface area contributed by atoms with Gasteiger partial charge in [0, 0.05) is 37.2 Å². The van der Waals surface area contributed by atoms with Crippen LogP contribution in [0.15, 0.2) is 328 Å². The molecule has 1 aliphatic carbocycles. The predicted octanol–water partition coefficient (Wildman–Crippen LogP) is 21.5. The molecule has 0 heterocycles. The minimum atomic E-state index is -3.58. The van der Waals surface area contributed by atoms with Crippen LogP contribution in [0, 0.1) is 0 Å². The van der Waals surface area contributed by atoms with Gasteiger partial charge in [0.05, 0.1) is 0 Å². The highest BCUT2D eigenvalue weighted by atomic mass is 31.2. The van der Waals surface area contributed by atoms with Crippen LogP contribution in [0.5, 0.6) is 0 Å². The summed E-state index contributed by atoms with van der Waals surface area (Å²) < 4.78 is 32.8. The fourth-order valence-electron chi connectivity index (χ4n) is 15.9. The van der Waals surface area contributed by atoms with Crippen LogP contribution in [0.2, 0.25) is 0 Å². The van der Waals surface area contributed by atoms with Crippen LogP contribution < -0.4 is 31.8 Å². The lowest BCUT2D eigenvalue weighted by atomic mass is 9.81. The minimum absolute atomic E-state index is 0.336. The summed E-state index contributed by atoms with van der Waals surface area (Å²) in [6.45, 7) is 4.62. The summed E-state index contributed by atoms with van der Waals surface area (Å²) in [7, 11) is -6.74. The lowest BCUT2D eigenvalue weighted by Crippen LogP contribution is -2.26. The van der Waals surface area contributed by atoms with Gasteiger partial charge >= 0.3 is 0 Å². The Bertz CT molecular complexity index is 5920. The molecule has 0 N–H and O–H groups in total. The fourth-order valence-corrected chi connectivity index (χ4v) is 21.6. The van der Waals surface area contributed by atoms with Crippen molar-refractivity contribution in [1.29, 1.82) is 0 Å². The monoisotopic (exact) mass is 1220 g/mol. The molecule has 1 aliphatic rings. The maximum absolute atomic E-state index is 17.2. The number of hydrogen-bond acceptors (Lipinski definition) is 2. The van der Waals surface area contributed by atoms with E-state index in [1.165, 1.54) is 86.9 Å². The Morgan fingerprint density at radius 3 is 0.968 bits per heavy atom. The number of rotatable bonds is 9. The third-order valence-corrected chi connectivity index (χ3v) is 26.6. The molecule has 0 aromatic heterocycles. The quantitative estimate of drug-likeness (QED) is 0.0820. The molecule has 0 bridgehead atoms. The first kappa shape index (κ1) is 55.1. The summed E-state index contributed by atoms with van der Waals surface area (Å²) in [4.78, 5) is 0. The van der Waals surface area contributed by atoms with E-state index in [1.807, 2.05) is 91.0 Å². The molecule has 0 spiro atoms. The molecule has 0 amide bonds. The maximum Gasteiger partial charge on any atom is 0.172 e. The van der Waals surface area contributed by atoms with E-state index < -0.39 is 14.3 Å². The van der Waals surface area contributed by atoms with Gasteiger partial charge in [-0.2, -0.15) is 0 Å². The lowest BCUT2D eigenvalue weighted by molar-refractivity contribution is 0.591. The van der Waals surface area contributed by atoms with Gasteiger partial charge in [-0.15, -0.1) is 0 Å². The molecule has 1 unspecified atom stereocenters. The van der Waals surface area contributed by atoms with Crippen molar-refractivity contribution in [2.45, 2.75) is 19.3 Å². The van der Waals surface area contributed by atoms with Gasteiger partial charge in [0.25, 0.3) is 0 Å². The standard InChI is InChI=1S/C89H60O2P2/c1-89(2)85-55-60(42-50-76(85)77-51-46-66(56-86(77)89)92(90,62-22-6-3-7-23-62)63-24-8-4-9-25-63)59-41-48-75-74-47-40-58(52-82(74)71-32-16-17-33-72(71)83(75)53-59)57-38-44-65(45-39-57)93(91,64-26-10-5-11-27-64)88-80-36-20-18-34-78(80)87(79-35-19-21-37-81(79)88)61-43-49-73-69-30-13-12-28-67(69)68-29-14-15-31-70(68)84(73)54-61/h3-56H,1-2H3. The number of hydrogen-bond donors (Lipinski definition) is 0. The Kier molecular flexibility index (Phi) is 12.6. The third kappa shape index (κ3) is 8.35. The first-order valence-electron chi connectivity index (χ1n) is 32.1. The van der Waals surface area contributed by atoms with Crippen molar-refractivity contribution in [3.05, 3.63) is 339 Å². The van der Waals surface area contributed by atoms with Crippen LogP contribution in [-0.4, -0.2) is 0 Å². The molecule has 0 saturated carbocycles. The minimum Gasteiger partial charge on any atom is -0.309 e. The van der Waals surface area contributed by atoms with Crippen LogP contribution in [-0.2, 0) is 14.5 Å². The van der Waals surface area contributed by atoms with Crippen LogP contribution >= 0.6 is 14.3 Å². The van der Waals surface area contributed by atoms with Crippen molar-refractivity contribution in [2.24, 2.45) is 0 Å². The lowest BCUT2D eigenvalue weighted by Gasteiger charge is -2.26. The molecule has 1 atom stereocenters. The van der Waals surface area contributed by atoms with E-state index in [2.05, 4.69) is 250 Å². The smallest absolute Gasteiger partial charge is 0.172 e. The summed E-state index contributed by atoms with van der Waals surface area (Å²) in [5, 5.41) is 23.7. The summed E-state index contributed by atoms with van der Waals surface area (Å²) in [6, 6.07) is 117. The van der Waals surface area contributed by atoms with Crippen LogP contribution in [0.1, 0.15) is 25.0 Å². The highest BCUT2D eigenvalue weighted by Crippen LogP contribution is 2.54. The largest absolute Gasteiger partial charge is 0.309 e. The molecule has 438 valence electrons. The second-order valence-electron chi connectivity index (χ2n) is 25.6. The first-order valence-corrected chi connectivity index (χ1v) is 35.5. The summed E-state index contributed by atoms with van der Waals surface area (Å²) in [5.74, 6) is 0. The first-order chi connectivity index (χ1) is 45.6. The Hall–Kier alpha value is -10.7. The molecule has 0 radical (unpaired) electrons. The molecular formula is C89H60O2P2. The molecule has 0 saturated heterocycles. The van der Waals surface area contributed by atoms with Crippen molar-refractivity contribution in [3.63, 3.8) is 0 Å². The second-order valence-corrected chi connectivity index (χ2v) is 31.1. The van der Waals surface area contributed by atoms with Crippen molar-refractivity contribution >= 4 is 132 Å². The van der Waals surface area contributed by atoms with Gasteiger partial charge in [0.1, 0.15) is 0 Å². The Morgan fingerprint density at radius 1 is 0.215 bits per heavy atom. The Balaban J connectivity index is 0.717. The van der Waals surface area contributed by atoms with E-state index in [1.54, 1.807) is 0 Å². The molecular weight excluding hydrogens is 1160 g/mol. The highest BCUT2D eigenvalue weighted by Gasteiger charge is 2.39. The molecule has 4 heteroatoms. The zero-order valence-corrected chi connectivity index (χ0v) is 53.2. The van der Waals surface area contributed by atoms with E-state index in [9.17, 15) is 0 Å². The van der Waals surface area contributed by atoms with Crippen molar-refractivity contribution < 1.29 is 9.13 Å².